The highest BCUT2D eigenvalue weighted by Gasteiger charge is 2.64. The lowest BCUT2D eigenvalue weighted by Gasteiger charge is -2.59. The molecule has 6 aliphatic rings. The second-order valence-corrected chi connectivity index (χ2v) is 13.2. The standard InChI is InChI=1S/C27H43NO3/c1-15-4-7-25-27(3,31)21-6-5-17-18(20(21)14-28(25)13-15)11-22-19(17)12-24(30)23-10-16(29)8-9-26(22,23)2/h15-23,25,29,31H,4-14H2,1-3H3/t15-,16-,17+,18+,19-,20-,21+,22-,23+,25+,26+,27-/m0/s1. The molecular weight excluding hydrogens is 386 g/mol. The minimum Gasteiger partial charge on any atom is -0.393 e. The summed E-state index contributed by atoms with van der Waals surface area (Å²) in [6.07, 6.45) is 9.08. The molecule has 4 heteroatoms. The van der Waals surface area contributed by atoms with Crippen LogP contribution in [0.1, 0.15) is 78.6 Å². The van der Waals surface area contributed by atoms with E-state index in [4.69, 9.17) is 0 Å². The molecule has 0 aromatic rings. The fraction of sp³-hybridized carbons (Fsp3) is 0.963. The summed E-state index contributed by atoms with van der Waals surface area (Å²) in [6, 6.07) is 0.341. The van der Waals surface area contributed by atoms with Gasteiger partial charge in [0.15, 0.2) is 0 Å². The zero-order valence-corrected chi connectivity index (χ0v) is 19.8. The van der Waals surface area contributed by atoms with Crippen LogP contribution < -0.4 is 0 Å². The molecule has 0 aromatic carbocycles. The van der Waals surface area contributed by atoms with Crippen molar-refractivity contribution in [3.8, 4) is 0 Å². The van der Waals surface area contributed by atoms with E-state index in [9.17, 15) is 15.0 Å². The van der Waals surface area contributed by atoms with Crippen molar-refractivity contribution in [2.75, 3.05) is 13.1 Å². The maximum atomic E-state index is 13.2. The minimum absolute atomic E-state index is 0.0789. The topological polar surface area (TPSA) is 60.8 Å². The Morgan fingerprint density at radius 3 is 2.52 bits per heavy atom. The van der Waals surface area contributed by atoms with Crippen molar-refractivity contribution in [2.24, 2.45) is 52.8 Å². The number of ketones is 1. The molecule has 4 nitrogen and oxygen atoms in total. The van der Waals surface area contributed by atoms with Crippen molar-refractivity contribution in [3.63, 3.8) is 0 Å². The Balaban J connectivity index is 1.31. The first-order chi connectivity index (χ1) is 14.7. The van der Waals surface area contributed by atoms with E-state index >= 15 is 0 Å². The predicted molar refractivity (Wildman–Crippen MR) is 120 cm³/mol. The van der Waals surface area contributed by atoms with Crippen molar-refractivity contribution >= 4 is 5.78 Å². The summed E-state index contributed by atoms with van der Waals surface area (Å²) in [4.78, 5) is 15.9. The van der Waals surface area contributed by atoms with Crippen LogP contribution in [-0.2, 0) is 4.79 Å². The second kappa shape index (κ2) is 7.03. The molecule has 0 unspecified atom stereocenters. The van der Waals surface area contributed by atoms with Gasteiger partial charge in [-0.05, 0) is 105 Å². The van der Waals surface area contributed by atoms with Crippen LogP contribution in [0.5, 0.6) is 0 Å². The molecule has 2 aliphatic heterocycles. The van der Waals surface area contributed by atoms with Crippen molar-refractivity contribution in [2.45, 2.75) is 96.3 Å². The van der Waals surface area contributed by atoms with Gasteiger partial charge in [0.2, 0.25) is 0 Å². The molecule has 2 saturated heterocycles. The molecule has 2 heterocycles. The van der Waals surface area contributed by atoms with Crippen molar-refractivity contribution in [1.29, 1.82) is 0 Å². The quantitative estimate of drug-likeness (QED) is 0.613. The number of rotatable bonds is 0. The molecule has 4 saturated carbocycles. The lowest BCUT2D eigenvalue weighted by Crippen LogP contribution is -2.67. The van der Waals surface area contributed by atoms with Gasteiger partial charge in [-0.15, -0.1) is 0 Å². The van der Waals surface area contributed by atoms with E-state index in [0.717, 1.165) is 44.6 Å². The molecule has 2 N–H and O–H groups in total. The Morgan fingerprint density at radius 1 is 0.903 bits per heavy atom. The molecule has 6 rings (SSSR count). The number of fused-ring (bicyclic) bond motifs is 8. The summed E-state index contributed by atoms with van der Waals surface area (Å²) in [5, 5.41) is 22.1. The van der Waals surface area contributed by atoms with E-state index in [1.54, 1.807) is 0 Å². The van der Waals surface area contributed by atoms with Gasteiger partial charge < -0.3 is 10.2 Å². The van der Waals surface area contributed by atoms with Gasteiger partial charge in [0.25, 0.3) is 0 Å². The van der Waals surface area contributed by atoms with E-state index in [-0.39, 0.29) is 17.4 Å². The summed E-state index contributed by atoms with van der Waals surface area (Å²) in [5.74, 6) is 4.82. The fourth-order valence-corrected chi connectivity index (χ4v) is 10.4. The molecular formula is C27H43NO3. The highest BCUT2D eigenvalue weighted by molar-refractivity contribution is 5.83. The first kappa shape index (κ1) is 21.1. The third-order valence-electron chi connectivity index (χ3n) is 11.8. The highest BCUT2D eigenvalue weighted by Crippen LogP contribution is 2.66. The Morgan fingerprint density at radius 2 is 1.71 bits per heavy atom. The van der Waals surface area contributed by atoms with E-state index in [1.807, 2.05) is 0 Å². The first-order valence-electron chi connectivity index (χ1n) is 13.4. The number of Topliss-reactive ketones (excluding diaryl/α,β-unsaturated/α-hetero) is 1. The third kappa shape index (κ3) is 2.93. The van der Waals surface area contributed by atoms with Gasteiger partial charge >= 0.3 is 0 Å². The van der Waals surface area contributed by atoms with E-state index < -0.39 is 5.60 Å². The normalized spacial score (nSPS) is 59.2. The summed E-state index contributed by atoms with van der Waals surface area (Å²) in [5.41, 5.74) is -0.482. The lowest BCUT2D eigenvalue weighted by atomic mass is 9.51. The van der Waals surface area contributed by atoms with Crippen LogP contribution in [0, 0.1) is 52.8 Å². The number of aliphatic hydroxyl groups is 2. The first-order valence-corrected chi connectivity index (χ1v) is 13.4. The Labute approximate surface area is 188 Å². The number of hydrogen-bond acceptors (Lipinski definition) is 4. The molecule has 4 aliphatic carbocycles. The molecule has 31 heavy (non-hydrogen) atoms. The van der Waals surface area contributed by atoms with Gasteiger partial charge in [0.05, 0.1) is 11.7 Å². The van der Waals surface area contributed by atoms with Crippen molar-refractivity contribution < 1.29 is 15.0 Å². The number of carbonyl (C=O) groups excluding carboxylic acids is 1. The number of hydrogen-bond donors (Lipinski definition) is 2. The molecule has 6 fully saturated rings. The Bertz CT molecular complexity index is 751. The summed E-state index contributed by atoms with van der Waals surface area (Å²) in [7, 11) is 0. The fourth-order valence-electron chi connectivity index (χ4n) is 10.4. The number of aliphatic hydroxyl groups excluding tert-OH is 1. The maximum absolute atomic E-state index is 13.2. The SMILES string of the molecule is C[C@H]1CC[C@H]2N(C1)C[C@H]1[C@@H]3C[C@H]4[C@@H](CC(=O)[C@H]5C[C@@H](O)CC[C@@]54C)[C@@H]3CC[C@H]1[C@]2(C)O. The minimum atomic E-state index is -0.570. The molecule has 0 spiro atoms. The molecule has 0 bridgehead atoms. The third-order valence-corrected chi connectivity index (χ3v) is 11.8. The van der Waals surface area contributed by atoms with Gasteiger partial charge in [-0.3, -0.25) is 9.69 Å². The smallest absolute Gasteiger partial charge is 0.136 e. The van der Waals surface area contributed by atoms with Crippen LogP contribution in [0.3, 0.4) is 0 Å². The zero-order chi connectivity index (χ0) is 21.7. The van der Waals surface area contributed by atoms with Crippen LogP contribution in [0.15, 0.2) is 0 Å². The van der Waals surface area contributed by atoms with E-state index in [0.29, 0.717) is 53.8 Å². The van der Waals surface area contributed by atoms with E-state index in [1.165, 1.54) is 25.8 Å². The van der Waals surface area contributed by atoms with Crippen molar-refractivity contribution in [1.82, 2.24) is 4.90 Å². The summed E-state index contributed by atoms with van der Waals surface area (Å²) >= 11 is 0. The maximum Gasteiger partial charge on any atom is 0.136 e. The molecule has 0 aromatic heterocycles. The van der Waals surface area contributed by atoms with Crippen LogP contribution in [0.25, 0.3) is 0 Å². The van der Waals surface area contributed by atoms with Crippen LogP contribution in [0.4, 0.5) is 0 Å². The van der Waals surface area contributed by atoms with Crippen LogP contribution >= 0.6 is 0 Å². The van der Waals surface area contributed by atoms with Gasteiger partial charge in [0.1, 0.15) is 5.78 Å². The van der Waals surface area contributed by atoms with Gasteiger partial charge in [-0.25, -0.2) is 0 Å². The molecule has 12 atom stereocenters. The highest BCUT2D eigenvalue weighted by atomic mass is 16.3. The molecule has 174 valence electrons. The number of piperidine rings is 2. The summed E-state index contributed by atoms with van der Waals surface area (Å²) < 4.78 is 0. The Hall–Kier alpha value is -0.450. The monoisotopic (exact) mass is 429 g/mol. The largest absolute Gasteiger partial charge is 0.393 e. The van der Waals surface area contributed by atoms with E-state index in [2.05, 4.69) is 25.7 Å². The van der Waals surface area contributed by atoms with Gasteiger partial charge in [-0.1, -0.05) is 13.8 Å². The van der Waals surface area contributed by atoms with Crippen LogP contribution in [-0.4, -0.2) is 51.7 Å². The van der Waals surface area contributed by atoms with Gasteiger partial charge in [-0.2, -0.15) is 0 Å². The number of nitrogens with zero attached hydrogens (tertiary/aromatic N) is 1. The zero-order valence-electron chi connectivity index (χ0n) is 19.8. The van der Waals surface area contributed by atoms with Gasteiger partial charge in [0, 0.05) is 31.5 Å². The lowest BCUT2D eigenvalue weighted by molar-refractivity contribution is -0.175. The Kier molecular flexibility index (Phi) is 4.78. The average molecular weight is 430 g/mol. The average Bonchev–Trinajstić information content (AvgIpc) is 3.09. The molecule has 0 amide bonds. The van der Waals surface area contributed by atoms with Crippen LogP contribution in [0.2, 0.25) is 0 Å². The second-order valence-electron chi connectivity index (χ2n) is 13.2. The predicted octanol–water partition coefficient (Wildman–Crippen LogP) is 3.89. The van der Waals surface area contributed by atoms with Crippen molar-refractivity contribution in [3.05, 3.63) is 0 Å². The number of carbonyl (C=O) groups is 1. The molecule has 0 radical (unpaired) electrons. The summed E-state index contributed by atoms with van der Waals surface area (Å²) in [6.45, 7) is 9.23.